The Morgan fingerprint density at radius 2 is 2.05 bits per heavy atom. The number of aromatic nitrogens is 4. The topological polar surface area (TPSA) is 63.4 Å². The lowest BCUT2D eigenvalue weighted by Gasteiger charge is -2.21. The van der Waals surface area contributed by atoms with Crippen molar-refractivity contribution in [2.45, 2.75) is 26.7 Å². The highest BCUT2D eigenvalue weighted by Gasteiger charge is 2.37. The molecule has 0 spiro atoms. The highest BCUT2D eigenvalue weighted by atomic mass is 16.2. The first kappa shape index (κ1) is 13.4. The van der Waals surface area contributed by atoms with Crippen molar-refractivity contribution in [3.8, 4) is 0 Å². The minimum Gasteiger partial charge on any atom is -0.335 e. The number of carbonyl (C=O) groups is 1. The minimum atomic E-state index is -0.0368. The third-order valence-corrected chi connectivity index (χ3v) is 4.83. The fourth-order valence-electron chi connectivity index (χ4n) is 3.61. The fraction of sp³-hybridized carbons (Fsp3) is 0.500. The third-order valence-electron chi connectivity index (χ3n) is 4.83. The van der Waals surface area contributed by atoms with Crippen LogP contribution in [0.4, 0.5) is 0 Å². The summed E-state index contributed by atoms with van der Waals surface area (Å²) in [6, 6.07) is 1.87. The lowest BCUT2D eigenvalue weighted by molar-refractivity contribution is 0.0770. The number of hydrogen-bond donors (Lipinski definition) is 0. The third kappa shape index (κ3) is 2.10. The van der Waals surface area contributed by atoms with Gasteiger partial charge in [-0.2, -0.15) is 0 Å². The van der Waals surface area contributed by atoms with Crippen LogP contribution in [0.3, 0.4) is 0 Å². The Morgan fingerprint density at radius 1 is 1.23 bits per heavy atom. The maximum atomic E-state index is 12.8. The molecule has 0 unspecified atom stereocenters. The molecule has 1 aliphatic carbocycles. The number of carbonyl (C=O) groups excluding carboxylic acids is 1. The summed E-state index contributed by atoms with van der Waals surface area (Å²) in [5, 5.41) is 8.08. The van der Waals surface area contributed by atoms with Crippen molar-refractivity contribution in [2.75, 3.05) is 13.1 Å². The zero-order chi connectivity index (χ0) is 15.3. The number of hydrogen-bond acceptors (Lipinski definition) is 4. The molecule has 22 heavy (non-hydrogen) atoms. The first-order valence-electron chi connectivity index (χ1n) is 7.75. The molecule has 0 bridgehead atoms. The molecule has 2 atom stereocenters. The minimum absolute atomic E-state index is 0.0368. The molecule has 114 valence electrons. The van der Waals surface area contributed by atoms with Gasteiger partial charge in [0, 0.05) is 25.0 Å². The van der Waals surface area contributed by atoms with Crippen molar-refractivity contribution in [3.63, 3.8) is 0 Å². The van der Waals surface area contributed by atoms with Crippen LogP contribution in [0.15, 0.2) is 23.9 Å². The molecule has 6 nitrogen and oxygen atoms in total. The molecule has 2 aliphatic rings. The lowest BCUT2D eigenvalue weighted by atomic mass is 9.83. The average Bonchev–Trinajstić information content (AvgIpc) is 3.09. The molecule has 6 heteroatoms. The Hall–Kier alpha value is -2.24. The van der Waals surface area contributed by atoms with Gasteiger partial charge in [0.1, 0.15) is 0 Å². The maximum Gasteiger partial charge on any atom is 0.292 e. The summed E-state index contributed by atoms with van der Waals surface area (Å²) in [5.41, 5.74) is 2.32. The highest BCUT2D eigenvalue weighted by molar-refractivity contribution is 5.91. The van der Waals surface area contributed by atoms with Gasteiger partial charge >= 0.3 is 0 Å². The van der Waals surface area contributed by atoms with Crippen LogP contribution in [-0.4, -0.2) is 43.5 Å². The Morgan fingerprint density at radius 3 is 2.91 bits per heavy atom. The maximum absolute atomic E-state index is 12.8. The highest BCUT2D eigenvalue weighted by Crippen LogP contribution is 2.36. The largest absolute Gasteiger partial charge is 0.335 e. The van der Waals surface area contributed by atoms with Gasteiger partial charge in [0.25, 0.3) is 11.7 Å². The van der Waals surface area contributed by atoms with Crippen molar-refractivity contribution in [1.29, 1.82) is 0 Å². The van der Waals surface area contributed by atoms with E-state index >= 15 is 0 Å². The average molecular weight is 297 g/mol. The number of aryl methyl sites for hydroxylation is 1. The van der Waals surface area contributed by atoms with Gasteiger partial charge in [0.05, 0.1) is 0 Å². The van der Waals surface area contributed by atoms with Crippen LogP contribution in [0.25, 0.3) is 5.78 Å². The summed E-state index contributed by atoms with van der Waals surface area (Å²) in [6.45, 7) is 5.72. The van der Waals surface area contributed by atoms with Crippen molar-refractivity contribution < 1.29 is 4.79 Å². The SMILES string of the molecule is CC1=CC[C@@H]2CN(C(=O)c3nnc4nc(C)ccn34)C[C@@H]2C1. The van der Waals surface area contributed by atoms with Crippen LogP contribution >= 0.6 is 0 Å². The standard InChI is InChI=1S/C16H19N5O/c1-10-3-4-12-8-20(9-13(12)7-10)15(22)14-18-19-16-17-11(2)5-6-21(14)16/h3,5-6,12-13H,4,7-9H2,1-2H3/t12-,13+/m1/s1. The zero-order valence-corrected chi connectivity index (χ0v) is 12.9. The van der Waals surface area contributed by atoms with Crippen LogP contribution in [0.2, 0.25) is 0 Å². The second-order valence-corrected chi connectivity index (χ2v) is 6.48. The van der Waals surface area contributed by atoms with E-state index in [4.69, 9.17) is 0 Å². The van der Waals surface area contributed by atoms with Crippen molar-refractivity contribution >= 4 is 11.7 Å². The normalized spacial score (nSPS) is 24.5. The fourth-order valence-corrected chi connectivity index (χ4v) is 3.61. The summed E-state index contributed by atoms with van der Waals surface area (Å²) < 4.78 is 1.68. The molecule has 1 fully saturated rings. The van der Waals surface area contributed by atoms with Crippen molar-refractivity contribution in [2.24, 2.45) is 11.8 Å². The Kier molecular flexibility index (Phi) is 2.99. The predicted molar refractivity (Wildman–Crippen MR) is 81.4 cm³/mol. The van der Waals surface area contributed by atoms with Gasteiger partial charge in [-0.3, -0.25) is 9.20 Å². The number of amides is 1. The van der Waals surface area contributed by atoms with E-state index in [1.807, 2.05) is 24.1 Å². The van der Waals surface area contributed by atoms with E-state index in [9.17, 15) is 4.79 Å². The van der Waals surface area contributed by atoms with Gasteiger partial charge in [0.15, 0.2) is 0 Å². The van der Waals surface area contributed by atoms with Crippen LogP contribution in [0.1, 0.15) is 36.1 Å². The second-order valence-electron chi connectivity index (χ2n) is 6.48. The molecule has 2 aromatic heterocycles. The number of rotatable bonds is 1. The Bertz CT molecular complexity index is 778. The zero-order valence-electron chi connectivity index (χ0n) is 12.9. The molecular formula is C16H19N5O. The van der Waals surface area contributed by atoms with Gasteiger partial charge in [-0.25, -0.2) is 4.98 Å². The first-order chi connectivity index (χ1) is 10.6. The summed E-state index contributed by atoms with van der Waals surface area (Å²) in [7, 11) is 0. The molecule has 0 N–H and O–H groups in total. The summed E-state index contributed by atoms with van der Waals surface area (Å²) in [6.07, 6.45) is 6.32. The van der Waals surface area contributed by atoms with Crippen LogP contribution in [-0.2, 0) is 0 Å². The van der Waals surface area contributed by atoms with Crippen molar-refractivity contribution in [1.82, 2.24) is 24.5 Å². The van der Waals surface area contributed by atoms with E-state index < -0.39 is 0 Å². The van der Waals surface area contributed by atoms with Crippen molar-refractivity contribution in [3.05, 3.63) is 35.4 Å². The van der Waals surface area contributed by atoms with Gasteiger partial charge in [-0.15, -0.1) is 10.2 Å². The van der Waals surface area contributed by atoms with E-state index in [1.54, 1.807) is 4.40 Å². The number of fused-ring (bicyclic) bond motifs is 2. The number of nitrogens with zero attached hydrogens (tertiary/aromatic N) is 5. The van der Waals surface area contributed by atoms with E-state index in [-0.39, 0.29) is 5.91 Å². The second kappa shape index (κ2) is 4.90. The van der Waals surface area contributed by atoms with Gasteiger partial charge < -0.3 is 4.90 Å². The van der Waals surface area contributed by atoms with E-state index in [1.165, 1.54) is 5.57 Å². The molecule has 0 aromatic carbocycles. The van der Waals surface area contributed by atoms with Crippen LogP contribution in [0, 0.1) is 18.8 Å². The van der Waals surface area contributed by atoms with E-state index in [0.717, 1.165) is 31.6 Å². The van der Waals surface area contributed by atoms with Gasteiger partial charge in [0.2, 0.25) is 5.82 Å². The summed E-state index contributed by atoms with van der Waals surface area (Å²) in [4.78, 5) is 19.0. The lowest BCUT2D eigenvalue weighted by Crippen LogP contribution is -2.30. The monoisotopic (exact) mass is 297 g/mol. The van der Waals surface area contributed by atoms with Crippen LogP contribution < -0.4 is 0 Å². The Labute approximate surface area is 128 Å². The molecule has 1 amide bonds. The molecule has 2 aromatic rings. The van der Waals surface area contributed by atoms with Gasteiger partial charge in [-0.1, -0.05) is 11.6 Å². The number of allylic oxidation sites excluding steroid dienone is 2. The molecule has 3 heterocycles. The van der Waals surface area contributed by atoms with E-state index in [0.29, 0.717) is 23.4 Å². The molecule has 0 saturated carbocycles. The number of likely N-dealkylation sites (tertiary alicyclic amines) is 1. The molecule has 4 rings (SSSR count). The van der Waals surface area contributed by atoms with E-state index in [2.05, 4.69) is 28.2 Å². The molecule has 0 radical (unpaired) electrons. The summed E-state index contributed by atoms with van der Waals surface area (Å²) in [5.74, 6) is 1.99. The summed E-state index contributed by atoms with van der Waals surface area (Å²) >= 11 is 0. The molecular weight excluding hydrogens is 278 g/mol. The quantitative estimate of drug-likeness (QED) is 0.754. The molecule has 1 aliphatic heterocycles. The smallest absolute Gasteiger partial charge is 0.292 e. The van der Waals surface area contributed by atoms with Crippen LogP contribution in [0.5, 0.6) is 0 Å². The molecule has 1 saturated heterocycles. The van der Waals surface area contributed by atoms with Gasteiger partial charge in [-0.05, 0) is 44.6 Å². The predicted octanol–water partition coefficient (Wildman–Crippen LogP) is 1.86. The first-order valence-corrected chi connectivity index (χ1v) is 7.75. The Balaban J connectivity index is 1.60.